The van der Waals surface area contributed by atoms with Gasteiger partial charge in [0.15, 0.2) is 0 Å². The zero-order valence-corrected chi connectivity index (χ0v) is 15.7. The Morgan fingerprint density at radius 2 is 1.78 bits per heavy atom. The van der Waals surface area contributed by atoms with Gasteiger partial charge in [0.1, 0.15) is 0 Å². The molecular weight excluding hydrogens is 418 g/mol. The Morgan fingerprint density at radius 1 is 1.15 bits per heavy atom. The van der Waals surface area contributed by atoms with Crippen molar-refractivity contribution in [3.8, 4) is 0 Å². The van der Waals surface area contributed by atoms with Gasteiger partial charge < -0.3 is 0 Å². The Kier molecular flexibility index (Phi) is 4.88. The van der Waals surface area contributed by atoms with Crippen LogP contribution in [-0.4, -0.2) is 19.4 Å². The molecule has 1 aliphatic heterocycles. The number of benzene rings is 1. The van der Waals surface area contributed by atoms with Crippen molar-refractivity contribution < 1.29 is 38.4 Å². The second-order valence-electron chi connectivity index (χ2n) is 6.37. The van der Waals surface area contributed by atoms with Crippen LogP contribution in [0.2, 0.25) is 0 Å². The quantitative estimate of drug-likeness (QED) is 0.440. The summed E-state index contributed by atoms with van der Waals surface area (Å²) < 4.78 is 109. The molecule has 27 heavy (non-hydrogen) atoms. The standard InChI is InChI=1S/C16H16F6O3S2/c1-2-10-6-7-12-9-14(11-4-3-5-11)26(13(12)8-10,15(17,18)19)25-27(23,24)16(20,21)22/h6-9,11H,2-5H2,1H3. The summed E-state index contributed by atoms with van der Waals surface area (Å²) in [5.74, 6) is -0.650. The van der Waals surface area contributed by atoms with Crippen molar-refractivity contribution in [2.75, 3.05) is 0 Å². The van der Waals surface area contributed by atoms with Gasteiger partial charge in [0, 0.05) is 20.1 Å². The first-order valence-corrected chi connectivity index (χ1v) is 11.1. The van der Waals surface area contributed by atoms with Crippen LogP contribution in [0.5, 0.6) is 0 Å². The molecule has 1 saturated carbocycles. The molecule has 1 heterocycles. The second-order valence-corrected chi connectivity index (χ2v) is 10.8. The van der Waals surface area contributed by atoms with E-state index in [0.717, 1.165) is 12.1 Å². The number of halogens is 6. The maximum atomic E-state index is 14.3. The average Bonchev–Trinajstić information content (AvgIpc) is 2.78. The molecule has 3 nitrogen and oxygen atoms in total. The average molecular weight is 434 g/mol. The molecule has 152 valence electrons. The van der Waals surface area contributed by atoms with E-state index in [0.29, 0.717) is 31.2 Å². The maximum absolute atomic E-state index is 14.3. The summed E-state index contributed by atoms with van der Waals surface area (Å²) in [6, 6.07) is 4.06. The Morgan fingerprint density at radius 3 is 2.22 bits per heavy atom. The third kappa shape index (κ3) is 3.17. The van der Waals surface area contributed by atoms with E-state index in [4.69, 9.17) is 0 Å². The zero-order valence-electron chi connectivity index (χ0n) is 14.0. The van der Waals surface area contributed by atoms with Crippen molar-refractivity contribution >= 4 is 26.5 Å². The Hall–Kier alpha value is -1.20. The summed E-state index contributed by atoms with van der Waals surface area (Å²) >= 11 is 0. The number of hydrogen-bond acceptors (Lipinski definition) is 3. The van der Waals surface area contributed by atoms with Crippen molar-refractivity contribution in [1.29, 1.82) is 0 Å². The molecule has 2 aliphatic rings. The molecule has 3 rings (SSSR count). The predicted octanol–water partition coefficient (Wildman–Crippen LogP) is 5.87. The topological polar surface area (TPSA) is 43.4 Å². The van der Waals surface area contributed by atoms with Gasteiger partial charge in [-0.25, -0.2) is 0 Å². The van der Waals surface area contributed by atoms with Crippen molar-refractivity contribution in [1.82, 2.24) is 0 Å². The lowest BCUT2D eigenvalue weighted by atomic mass is 9.85. The van der Waals surface area contributed by atoms with E-state index in [1.165, 1.54) is 6.07 Å². The molecule has 0 N–H and O–H groups in total. The lowest BCUT2D eigenvalue weighted by molar-refractivity contribution is -0.0547. The lowest BCUT2D eigenvalue weighted by Gasteiger charge is -2.43. The molecule has 0 amide bonds. The van der Waals surface area contributed by atoms with E-state index in [-0.39, 0.29) is 5.56 Å². The fourth-order valence-electron chi connectivity index (χ4n) is 3.12. The largest absolute Gasteiger partial charge is 0.523 e. The van der Waals surface area contributed by atoms with Crippen LogP contribution >= 0.6 is 10.3 Å². The molecule has 1 atom stereocenters. The molecule has 0 spiro atoms. The van der Waals surface area contributed by atoms with E-state index in [2.05, 4.69) is 3.63 Å². The molecule has 1 fully saturated rings. The normalized spacial score (nSPS) is 26.1. The van der Waals surface area contributed by atoms with Crippen molar-refractivity contribution in [2.45, 2.75) is 48.5 Å². The minimum Gasteiger partial charge on any atom is -0.196 e. The number of allylic oxidation sites excluding steroid dienone is 1. The van der Waals surface area contributed by atoms with Crippen LogP contribution < -0.4 is 0 Å². The van der Waals surface area contributed by atoms with Crippen LogP contribution in [0.3, 0.4) is 0 Å². The van der Waals surface area contributed by atoms with Crippen molar-refractivity contribution in [2.24, 2.45) is 5.92 Å². The molecule has 0 bridgehead atoms. The third-order valence-corrected chi connectivity index (χ3v) is 9.57. The molecule has 0 radical (unpaired) electrons. The smallest absolute Gasteiger partial charge is 0.196 e. The van der Waals surface area contributed by atoms with Crippen LogP contribution in [0, 0.1) is 5.92 Å². The van der Waals surface area contributed by atoms with Crippen LogP contribution in [0.4, 0.5) is 26.3 Å². The van der Waals surface area contributed by atoms with Gasteiger partial charge in [-0.2, -0.15) is 38.4 Å². The van der Waals surface area contributed by atoms with Crippen LogP contribution in [-0.2, 0) is 20.2 Å². The van der Waals surface area contributed by atoms with E-state index in [1.807, 2.05) is 0 Å². The van der Waals surface area contributed by atoms with E-state index in [1.54, 1.807) is 13.0 Å². The second kappa shape index (κ2) is 6.41. The van der Waals surface area contributed by atoms with E-state index < -0.39 is 47.2 Å². The molecule has 1 unspecified atom stereocenters. The lowest BCUT2D eigenvalue weighted by Crippen LogP contribution is -2.34. The summed E-state index contributed by atoms with van der Waals surface area (Å²) in [7, 11) is -11.3. The Labute approximate surface area is 154 Å². The monoisotopic (exact) mass is 434 g/mol. The first-order chi connectivity index (χ1) is 12.3. The highest BCUT2D eigenvalue weighted by atomic mass is 32.3. The van der Waals surface area contributed by atoms with Gasteiger partial charge in [-0.15, -0.1) is 0 Å². The Balaban J connectivity index is 2.28. The van der Waals surface area contributed by atoms with Gasteiger partial charge in [-0.1, -0.05) is 25.5 Å². The highest BCUT2D eigenvalue weighted by Gasteiger charge is 2.65. The predicted molar refractivity (Wildman–Crippen MR) is 89.1 cm³/mol. The summed E-state index contributed by atoms with van der Waals surface area (Å²) in [5.41, 5.74) is -10.8. The number of aryl methyl sites for hydroxylation is 1. The van der Waals surface area contributed by atoms with Crippen molar-refractivity contribution in [3.05, 3.63) is 34.2 Å². The summed E-state index contributed by atoms with van der Waals surface area (Å²) in [4.78, 5) is -0.915. The van der Waals surface area contributed by atoms with Crippen LogP contribution in [0.1, 0.15) is 37.3 Å². The van der Waals surface area contributed by atoms with E-state index >= 15 is 0 Å². The van der Waals surface area contributed by atoms with Gasteiger partial charge in [0.2, 0.25) is 0 Å². The molecule has 11 heteroatoms. The molecule has 0 aromatic heterocycles. The van der Waals surface area contributed by atoms with Gasteiger partial charge in [-0.05, 0) is 48.4 Å². The van der Waals surface area contributed by atoms with Gasteiger partial charge >= 0.3 is 21.1 Å². The highest BCUT2D eigenvalue weighted by molar-refractivity contribution is 8.37. The first-order valence-electron chi connectivity index (χ1n) is 8.10. The molecule has 1 aliphatic carbocycles. The number of alkyl halides is 6. The minimum absolute atomic E-state index is 0.0544. The van der Waals surface area contributed by atoms with Crippen LogP contribution in [0.15, 0.2) is 28.0 Å². The molecule has 1 aromatic carbocycles. The Bertz CT molecular complexity index is 884. The molecule has 1 aromatic rings. The van der Waals surface area contributed by atoms with E-state index in [9.17, 15) is 34.8 Å². The van der Waals surface area contributed by atoms with Crippen LogP contribution in [0.25, 0.3) is 6.08 Å². The summed E-state index contributed by atoms with van der Waals surface area (Å²) in [6.45, 7) is 1.68. The summed E-state index contributed by atoms with van der Waals surface area (Å²) in [5, 5.41) is 0. The molecular formula is C16H16F6O3S2. The fraction of sp³-hybridized carbons (Fsp3) is 0.500. The SMILES string of the molecule is CCc1ccc2c(c1)S(OS(=O)(=O)C(F)(F)F)(C(F)(F)F)C(C1CCC1)=C2. The third-order valence-electron chi connectivity index (χ3n) is 4.73. The summed E-state index contributed by atoms with van der Waals surface area (Å²) in [6.07, 6.45) is 2.82. The fourth-order valence-corrected chi connectivity index (χ4v) is 7.97. The van der Waals surface area contributed by atoms with Crippen molar-refractivity contribution in [3.63, 3.8) is 0 Å². The molecule has 0 saturated heterocycles. The highest BCUT2D eigenvalue weighted by Crippen LogP contribution is 2.80. The van der Waals surface area contributed by atoms with Gasteiger partial charge in [0.05, 0.1) is 0 Å². The maximum Gasteiger partial charge on any atom is 0.523 e. The first kappa shape index (κ1) is 20.5. The zero-order chi connectivity index (χ0) is 20.3. The number of fused-ring (bicyclic) bond motifs is 1. The number of hydrogen-bond donors (Lipinski definition) is 0. The van der Waals surface area contributed by atoms with Gasteiger partial charge in [-0.3, -0.25) is 0 Å². The van der Waals surface area contributed by atoms with Gasteiger partial charge in [0.25, 0.3) is 0 Å². The number of rotatable bonds is 4. The minimum atomic E-state index is -6.46.